The van der Waals surface area contributed by atoms with Crippen LogP contribution in [0.3, 0.4) is 0 Å². The molecule has 1 saturated heterocycles. The van der Waals surface area contributed by atoms with E-state index < -0.39 is 5.41 Å². The lowest BCUT2D eigenvalue weighted by atomic mass is 9.70. The first-order valence-corrected chi connectivity index (χ1v) is 9.58. The number of anilines is 2. The average Bonchev–Trinajstić information content (AvgIpc) is 2.73. The number of ether oxygens (including phenoxy) is 1. The maximum atomic E-state index is 12.4. The summed E-state index contributed by atoms with van der Waals surface area (Å²) in [6.07, 6.45) is 1.31. The number of benzene rings is 2. The quantitative estimate of drug-likeness (QED) is 0.798. The van der Waals surface area contributed by atoms with Crippen LogP contribution in [0, 0.1) is 5.41 Å². The summed E-state index contributed by atoms with van der Waals surface area (Å²) in [5.41, 5.74) is 9.68. The van der Waals surface area contributed by atoms with Gasteiger partial charge in [-0.2, -0.15) is 0 Å². The zero-order chi connectivity index (χ0) is 19.7. The number of fused-ring (bicyclic) bond motifs is 1. The van der Waals surface area contributed by atoms with Gasteiger partial charge in [-0.25, -0.2) is 0 Å². The van der Waals surface area contributed by atoms with Gasteiger partial charge in [-0.15, -0.1) is 0 Å². The Morgan fingerprint density at radius 1 is 1.21 bits per heavy atom. The molecular weight excluding hydrogens is 354 g/mol. The van der Waals surface area contributed by atoms with Crippen molar-refractivity contribution in [2.24, 2.45) is 11.1 Å². The molecule has 28 heavy (non-hydrogen) atoms. The molecule has 2 aliphatic rings. The molecule has 0 aliphatic carbocycles. The van der Waals surface area contributed by atoms with Crippen LogP contribution in [-0.4, -0.2) is 38.5 Å². The van der Waals surface area contributed by atoms with Crippen LogP contribution < -0.4 is 16.0 Å². The van der Waals surface area contributed by atoms with Gasteiger partial charge in [0.05, 0.1) is 24.7 Å². The number of nitrogens with two attached hydrogens (primary N) is 1. The lowest BCUT2D eigenvalue weighted by Gasteiger charge is -2.41. The van der Waals surface area contributed by atoms with Crippen molar-refractivity contribution in [1.82, 2.24) is 0 Å². The molecule has 1 fully saturated rings. The highest BCUT2D eigenvalue weighted by molar-refractivity contribution is 5.85. The summed E-state index contributed by atoms with van der Waals surface area (Å²) in [4.78, 5) is 25.8. The molecule has 2 aromatic rings. The summed E-state index contributed by atoms with van der Waals surface area (Å²) in [5.74, 6) is -0.357. The van der Waals surface area contributed by atoms with Crippen LogP contribution in [0.25, 0.3) is 0 Å². The molecule has 0 bridgehead atoms. The van der Waals surface area contributed by atoms with Crippen molar-refractivity contribution in [2.45, 2.75) is 19.4 Å². The molecule has 0 spiro atoms. The van der Waals surface area contributed by atoms with E-state index in [1.165, 1.54) is 0 Å². The van der Waals surface area contributed by atoms with Gasteiger partial charge in [-0.3, -0.25) is 9.59 Å². The van der Waals surface area contributed by atoms with Crippen molar-refractivity contribution < 1.29 is 14.3 Å². The van der Waals surface area contributed by atoms with Crippen LogP contribution in [-0.2, 0) is 16.0 Å². The van der Waals surface area contributed by atoms with E-state index in [9.17, 15) is 9.59 Å². The number of nitrogens with one attached hydrogen (secondary N) is 1. The van der Waals surface area contributed by atoms with Gasteiger partial charge in [-0.05, 0) is 54.8 Å². The lowest BCUT2D eigenvalue weighted by molar-refractivity contribution is -0.127. The van der Waals surface area contributed by atoms with Gasteiger partial charge >= 0.3 is 0 Å². The summed E-state index contributed by atoms with van der Waals surface area (Å²) in [6, 6.07) is 13.6. The molecule has 2 heterocycles. The van der Waals surface area contributed by atoms with Crippen LogP contribution in [0.5, 0.6) is 0 Å². The van der Waals surface area contributed by atoms with Crippen LogP contribution in [0.2, 0.25) is 0 Å². The second-order valence-corrected chi connectivity index (χ2v) is 7.76. The Morgan fingerprint density at radius 2 is 1.93 bits per heavy atom. The van der Waals surface area contributed by atoms with Gasteiger partial charge < -0.3 is 20.7 Å². The van der Waals surface area contributed by atoms with Crippen LogP contribution in [0.15, 0.2) is 42.5 Å². The molecule has 2 unspecified atom stereocenters. The third-order valence-electron chi connectivity index (χ3n) is 5.93. The Kier molecular flexibility index (Phi) is 4.81. The molecule has 2 aromatic carbocycles. The smallest absolute Gasteiger partial charge is 0.226 e. The lowest BCUT2D eigenvalue weighted by Crippen LogP contribution is -2.46. The molecule has 146 valence electrons. The second-order valence-electron chi connectivity index (χ2n) is 7.76. The average molecular weight is 379 g/mol. The molecule has 2 aliphatic heterocycles. The minimum absolute atomic E-state index is 0.238. The van der Waals surface area contributed by atoms with E-state index >= 15 is 0 Å². The zero-order valence-corrected chi connectivity index (χ0v) is 16.0. The van der Waals surface area contributed by atoms with Gasteiger partial charge in [0, 0.05) is 30.0 Å². The molecule has 6 heteroatoms. The fourth-order valence-corrected chi connectivity index (χ4v) is 4.17. The Balaban J connectivity index is 1.66. The van der Waals surface area contributed by atoms with Gasteiger partial charge in [0.2, 0.25) is 5.91 Å². The maximum absolute atomic E-state index is 12.4. The number of hydrogen-bond acceptors (Lipinski definition) is 5. The number of carbonyl (C=O) groups is 2. The number of carbonyl (C=O) groups excluding carboxylic acids is 2. The molecule has 2 atom stereocenters. The first kappa shape index (κ1) is 18.5. The molecule has 0 aromatic heterocycles. The van der Waals surface area contributed by atoms with E-state index in [0.717, 1.165) is 55.1 Å². The largest absolute Gasteiger partial charge is 0.378 e. The summed E-state index contributed by atoms with van der Waals surface area (Å²) in [6.45, 7) is 5.13. The van der Waals surface area contributed by atoms with Crippen LogP contribution in [0.1, 0.15) is 34.5 Å². The highest BCUT2D eigenvalue weighted by Crippen LogP contribution is 2.45. The minimum atomic E-state index is -0.797. The van der Waals surface area contributed by atoms with Crippen molar-refractivity contribution in [1.29, 1.82) is 0 Å². The molecule has 0 radical (unpaired) electrons. The molecule has 1 amide bonds. The van der Waals surface area contributed by atoms with Gasteiger partial charge in [0.1, 0.15) is 6.29 Å². The van der Waals surface area contributed by atoms with Gasteiger partial charge in [-0.1, -0.05) is 12.1 Å². The molecule has 6 nitrogen and oxygen atoms in total. The van der Waals surface area contributed by atoms with Crippen molar-refractivity contribution in [2.75, 3.05) is 36.5 Å². The Bertz CT molecular complexity index is 890. The normalized spacial score (nSPS) is 24.2. The highest BCUT2D eigenvalue weighted by Gasteiger charge is 2.44. The number of hydrogen-bond donors (Lipinski definition) is 2. The highest BCUT2D eigenvalue weighted by atomic mass is 16.5. The predicted molar refractivity (Wildman–Crippen MR) is 109 cm³/mol. The number of rotatable bonds is 4. The number of aldehydes is 1. The second kappa shape index (κ2) is 7.28. The number of morpholine rings is 1. The van der Waals surface area contributed by atoms with E-state index in [1.807, 2.05) is 19.1 Å². The zero-order valence-electron chi connectivity index (χ0n) is 16.0. The van der Waals surface area contributed by atoms with E-state index in [1.54, 1.807) is 6.07 Å². The van der Waals surface area contributed by atoms with Gasteiger partial charge in [0.25, 0.3) is 0 Å². The molecule has 3 N–H and O–H groups in total. The van der Waals surface area contributed by atoms with E-state index in [2.05, 4.69) is 34.5 Å². The molecule has 0 saturated carbocycles. The first-order chi connectivity index (χ1) is 13.5. The summed E-state index contributed by atoms with van der Waals surface area (Å²) in [7, 11) is 0. The predicted octanol–water partition coefficient (Wildman–Crippen LogP) is 2.54. The standard InChI is InChI=1S/C22H25N3O3/c1-22(21(23)27)13-17-12-15(14-26)2-7-19(17)24-20(22)16-3-5-18(6-4-16)25-8-10-28-11-9-25/h2-7,12,14,20,24H,8-11,13H2,1H3,(H2,23,27). The van der Waals surface area contributed by atoms with Crippen LogP contribution >= 0.6 is 0 Å². The van der Waals surface area contributed by atoms with E-state index in [-0.39, 0.29) is 11.9 Å². The summed E-state index contributed by atoms with van der Waals surface area (Å²) >= 11 is 0. The maximum Gasteiger partial charge on any atom is 0.226 e. The van der Waals surface area contributed by atoms with Crippen molar-refractivity contribution in [3.05, 3.63) is 59.2 Å². The van der Waals surface area contributed by atoms with Crippen molar-refractivity contribution in [3.8, 4) is 0 Å². The number of nitrogens with zero attached hydrogens (tertiary/aromatic N) is 1. The Morgan fingerprint density at radius 3 is 2.57 bits per heavy atom. The van der Waals surface area contributed by atoms with Crippen LogP contribution in [0.4, 0.5) is 11.4 Å². The molecule has 4 rings (SSSR count). The summed E-state index contributed by atoms with van der Waals surface area (Å²) in [5, 5.41) is 3.49. The van der Waals surface area contributed by atoms with E-state index in [0.29, 0.717) is 12.0 Å². The summed E-state index contributed by atoms with van der Waals surface area (Å²) < 4.78 is 5.42. The monoisotopic (exact) mass is 379 g/mol. The number of primary amides is 1. The van der Waals surface area contributed by atoms with Crippen molar-refractivity contribution in [3.63, 3.8) is 0 Å². The van der Waals surface area contributed by atoms with E-state index in [4.69, 9.17) is 10.5 Å². The topological polar surface area (TPSA) is 84.7 Å². The third kappa shape index (κ3) is 3.24. The fourth-order valence-electron chi connectivity index (χ4n) is 4.17. The minimum Gasteiger partial charge on any atom is -0.378 e. The fraction of sp³-hybridized carbons (Fsp3) is 0.364. The Hall–Kier alpha value is -2.86. The molecular formula is C22H25N3O3. The van der Waals surface area contributed by atoms with Gasteiger partial charge in [0.15, 0.2) is 0 Å². The SMILES string of the molecule is CC1(C(N)=O)Cc2cc(C=O)ccc2NC1c1ccc(N2CCOCC2)cc1. The Labute approximate surface area is 164 Å². The first-order valence-electron chi connectivity index (χ1n) is 9.58. The van der Waals surface area contributed by atoms with Crippen molar-refractivity contribution >= 4 is 23.6 Å². The third-order valence-corrected chi connectivity index (χ3v) is 5.93. The number of amides is 1.